The number of hydrogen-bond acceptors (Lipinski definition) is 6. The van der Waals surface area contributed by atoms with Gasteiger partial charge < -0.3 is 19.9 Å². The van der Waals surface area contributed by atoms with Crippen LogP contribution in [-0.4, -0.2) is 39.4 Å². The molecule has 1 atom stereocenters. The fourth-order valence-electron chi connectivity index (χ4n) is 3.78. The molecule has 36 heavy (non-hydrogen) atoms. The fourth-order valence-corrected chi connectivity index (χ4v) is 4.81. The number of nitrogens with zero attached hydrogens (tertiary/aromatic N) is 3. The molecule has 0 aliphatic rings. The molecule has 0 radical (unpaired) electrons. The lowest BCUT2D eigenvalue weighted by Crippen LogP contribution is -2.31. The molecule has 3 rings (SSSR count). The number of hydrogen-bond donors (Lipinski definition) is 2. The predicted octanol–water partition coefficient (Wildman–Crippen LogP) is 5.52. The number of aromatic nitrogens is 3. The summed E-state index contributed by atoms with van der Waals surface area (Å²) in [5.41, 5.74) is 2.05. The molecule has 0 fully saturated rings. The van der Waals surface area contributed by atoms with Crippen LogP contribution in [0.1, 0.15) is 55.0 Å². The van der Waals surface area contributed by atoms with Crippen LogP contribution < -0.4 is 15.4 Å². The number of ether oxygens (including phenoxy) is 1. The number of thioether (sulfide) groups is 1. The second-order valence-corrected chi connectivity index (χ2v) is 10.1. The van der Waals surface area contributed by atoms with Gasteiger partial charge in [-0.25, -0.2) is 0 Å². The summed E-state index contributed by atoms with van der Waals surface area (Å²) in [4.78, 5) is 25.7. The highest BCUT2D eigenvalue weighted by molar-refractivity contribution is 7.99. The average molecular weight is 530 g/mol. The number of aryl methyl sites for hydroxylation is 1. The Hall–Kier alpha value is -3.04. The maximum atomic E-state index is 13.0. The monoisotopic (exact) mass is 529 g/mol. The molecular weight excluding hydrogens is 498 g/mol. The number of methoxy groups -OCH3 is 1. The van der Waals surface area contributed by atoms with Gasteiger partial charge in [0.1, 0.15) is 5.75 Å². The van der Waals surface area contributed by atoms with E-state index in [4.69, 9.17) is 16.3 Å². The largest absolute Gasteiger partial charge is 0.495 e. The highest BCUT2D eigenvalue weighted by Gasteiger charge is 2.25. The lowest BCUT2D eigenvalue weighted by molar-refractivity contribution is -0.113. The quantitative estimate of drug-likeness (QED) is 0.317. The van der Waals surface area contributed by atoms with E-state index in [1.807, 2.05) is 36.6 Å². The van der Waals surface area contributed by atoms with Crippen molar-refractivity contribution >= 4 is 40.9 Å². The first-order chi connectivity index (χ1) is 17.2. The molecule has 2 amide bonds. The summed E-state index contributed by atoms with van der Waals surface area (Å²) in [5.74, 6) is 1.25. The van der Waals surface area contributed by atoms with Crippen molar-refractivity contribution in [3.05, 3.63) is 64.4 Å². The molecule has 8 nitrogen and oxygen atoms in total. The van der Waals surface area contributed by atoms with E-state index in [-0.39, 0.29) is 23.6 Å². The summed E-state index contributed by atoms with van der Waals surface area (Å²) in [7, 11) is 1.57. The van der Waals surface area contributed by atoms with Gasteiger partial charge in [0, 0.05) is 6.54 Å². The van der Waals surface area contributed by atoms with E-state index >= 15 is 0 Å². The number of carbonyl (C=O) groups excluding carboxylic acids is 2. The zero-order valence-corrected chi connectivity index (χ0v) is 22.7. The van der Waals surface area contributed by atoms with Crippen LogP contribution in [0, 0.1) is 12.8 Å². The summed E-state index contributed by atoms with van der Waals surface area (Å²) in [6.45, 7) is 8.69. The molecule has 192 valence electrons. The van der Waals surface area contributed by atoms with E-state index in [1.54, 1.807) is 31.4 Å². The van der Waals surface area contributed by atoms with E-state index in [2.05, 4.69) is 34.7 Å². The number of halogens is 1. The van der Waals surface area contributed by atoms with Gasteiger partial charge in [-0.1, -0.05) is 55.4 Å². The van der Waals surface area contributed by atoms with Crippen molar-refractivity contribution in [3.8, 4) is 5.75 Å². The van der Waals surface area contributed by atoms with Crippen molar-refractivity contribution in [1.29, 1.82) is 0 Å². The van der Waals surface area contributed by atoms with Crippen LogP contribution >= 0.6 is 23.4 Å². The van der Waals surface area contributed by atoms with Crippen LogP contribution in [0.4, 0.5) is 5.69 Å². The Kier molecular flexibility index (Phi) is 9.78. The molecule has 1 heterocycles. The second kappa shape index (κ2) is 12.8. The Morgan fingerprint density at radius 2 is 1.92 bits per heavy atom. The highest BCUT2D eigenvalue weighted by atomic mass is 35.5. The van der Waals surface area contributed by atoms with Crippen LogP contribution in [0.2, 0.25) is 5.02 Å². The van der Waals surface area contributed by atoms with E-state index in [1.165, 1.54) is 11.8 Å². The second-order valence-electron chi connectivity index (χ2n) is 8.76. The predicted molar refractivity (Wildman–Crippen MR) is 144 cm³/mol. The summed E-state index contributed by atoms with van der Waals surface area (Å²) in [5, 5.41) is 15.7. The fraction of sp³-hybridized carbons (Fsp3) is 0.385. The zero-order chi connectivity index (χ0) is 26.2. The Labute approximate surface area is 221 Å². The molecule has 10 heteroatoms. The maximum absolute atomic E-state index is 13.0. The van der Waals surface area contributed by atoms with Gasteiger partial charge in [-0.05, 0) is 56.0 Å². The van der Waals surface area contributed by atoms with Gasteiger partial charge in [0.25, 0.3) is 5.91 Å². The first-order valence-corrected chi connectivity index (χ1v) is 13.2. The third-order valence-electron chi connectivity index (χ3n) is 5.47. The number of carbonyl (C=O) groups is 2. The van der Waals surface area contributed by atoms with E-state index in [0.29, 0.717) is 51.9 Å². The van der Waals surface area contributed by atoms with Crippen LogP contribution in [0.25, 0.3) is 0 Å². The molecule has 0 saturated carbocycles. The zero-order valence-electron chi connectivity index (χ0n) is 21.2. The van der Waals surface area contributed by atoms with Crippen LogP contribution in [0.5, 0.6) is 5.75 Å². The van der Waals surface area contributed by atoms with Crippen LogP contribution in [0.3, 0.4) is 0 Å². The summed E-state index contributed by atoms with van der Waals surface area (Å²) < 4.78 is 7.28. The minimum Gasteiger partial charge on any atom is -0.495 e. The molecule has 2 N–H and O–H groups in total. The SMILES string of the molecule is CCn1c(SCC(=O)Nc2cc(C)ccc2OC)nnc1[C@@H](CC(C)C)NC(=O)c1ccccc1Cl. The number of nitrogens with one attached hydrogen (secondary N) is 2. The number of benzene rings is 2. The normalized spacial score (nSPS) is 11.9. The van der Waals surface area contributed by atoms with Crippen LogP contribution in [0.15, 0.2) is 47.6 Å². The molecule has 0 spiro atoms. The van der Waals surface area contributed by atoms with Gasteiger partial charge in [-0.15, -0.1) is 10.2 Å². The lowest BCUT2D eigenvalue weighted by atomic mass is 10.0. The first kappa shape index (κ1) is 27.5. The van der Waals surface area contributed by atoms with E-state index < -0.39 is 0 Å². The Balaban J connectivity index is 1.75. The number of amides is 2. The minimum atomic E-state index is -0.360. The Morgan fingerprint density at radius 1 is 1.17 bits per heavy atom. The molecule has 0 unspecified atom stereocenters. The van der Waals surface area contributed by atoms with Gasteiger partial charge in [-0.3, -0.25) is 9.59 Å². The maximum Gasteiger partial charge on any atom is 0.253 e. The van der Waals surface area contributed by atoms with Gasteiger partial charge in [0.05, 0.1) is 35.2 Å². The van der Waals surface area contributed by atoms with E-state index in [9.17, 15) is 9.59 Å². The van der Waals surface area contributed by atoms with Gasteiger partial charge in [-0.2, -0.15) is 0 Å². The third kappa shape index (κ3) is 7.01. The van der Waals surface area contributed by atoms with E-state index in [0.717, 1.165) is 5.56 Å². The lowest BCUT2D eigenvalue weighted by Gasteiger charge is -2.21. The number of anilines is 1. The first-order valence-electron chi connectivity index (χ1n) is 11.8. The van der Waals surface area contributed by atoms with Gasteiger partial charge >= 0.3 is 0 Å². The average Bonchev–Trinajstić information content (AvgIpc) is 3.25. The summed E-state index contributed by atoms with van der Waals surface area (Å²) in [6.07, 6.45) is 0.673. The molecule has 0 saturated heterocycles. The molecule has 2 aromatic carbocycles. The third-order valence-corrected chi connectivity index (χ3v) is 6.76. The Bertz CT molecular complexity index is 1210. The standard InChI is InChI=1S/C26H32ClN5O3S/c1-6-32-24(21(13-16(2)3)29-25(34)18-9-7-8-10-19(18)27)30-31-26(32)36-15-23(33)28-20-14-17(4)11-12-22(20)35-5/h7-12,14,16,21H,6,13,15H2,1-5H3,(H,28,33)(H,29,34)/t21-/m1/s1. The van der Waals surface area contributed by atoms with Crippen molar-refractivity contribution in [2.45, 2.75) is 51.9 Å². The van der Waals surface area contributed by atoms with Crippen molar-refractivity contribution in [2.75, 3.05) is 18.2 Å². The molecule has 1 aromatic heterocycles. The molecule has 0 bridgehead atoms. The molecule has 3 aromatic rings. The highest BCUT2D eigenvalue weighted by Crippen LogP contribution is 2.28. The number of rotatable bonds is 11. The topological polar surface area (TPSA) is 98.1 Å². The molecular formula is C26H32ClN5O3S. The summed E-state index contributed by atoms with van der Waals surface area (Å²) >= 11 is 7.52. The Morgan fingerprint density at radius 3 is 2.58 bits per heavy atom. The van der Waals surface area contributed by atoms with Crippen molar-refractivity contribution in [1.82, 2.24) is 20.1 Å². The van der Waals surface area contributed by atoms with Gasteiger partial charge in [0.2, 0.25) is 5.91 Å². The molecule has 0 aliphatic carbocycles. The minimum absolute atomic E-state index is 0.149. The van der Waals surface area contributed by atoms with Crippen molar-refractivity contribution < 1.29 is 14.3 Å². The van der Waals surface area contributed by atoms with Crippen molar-refractivity contribution in [3.63, 3.8) is 0 Å². The van der Waals surface area contributed by atoms with Crippen LogP contribution in [-0.2, 0) is 11.3 Å². The summed E-state index contributed by atoms with van der Waals surface area (Å²) in [6, 6.07) is 12.2. The van der Waals surface area contributed by atoms with Gasteiger partial charge in [0.15, 0.2) is 11.0 Å². The molecule has 0 aliphatic heterocycles. The smallest absolute Gasteiger partial charge is 0.253 e. The van der Waals surface area contributed by atoms with Crippen molar-refractivity contribution in [2.24, 2.45) is 5.92 Å².